The zero-order valence-corrected chi connectivity index (χ0v) is 13.2. The number of nitrogens with zero attached hydrogens (tertiary/aromatic N) is 1. The second kappa shape index (κ2) is 6.48. The molecule has 0 aliphatic carbocycles. The summed E-state index contributed by atoms with van der Waals surface area (Å²) in [5, 5.41) is 2.82. The molecule has 0 aromatic heterocycles. The first-order valence-corrected chi connectivity index (χ1v) is 7.57. The predicted octanol–water partition coefficient (Wildman–Crippen LogP) is 3.31. The number of carbonyl (C=O) groups excluding carboxylic acids is 1. The summed E-state index contributed by atoms with van der Waals surface area (Å²) in [6.07, 6.45) is 1.77. The summed E-state index contributed by atoms with van der Waals surface area (Å²) in [6.45, 7) is 4.59. The minimum absolute atomic E-state index is 0.185. The maximum atomic E-state index is 12.1. The van der Waals surface area contributed by atoms with Crippen LogP contribution in [0.25, 0.3) is 6.08 Å². The van der Waals surface area contributed by atoms with E-state index in [2.05, 4.69) is 10.3 Å². The molecule has 2 aromatic rings. The second-order valence-electron chi connectivity index (χ2n) is 5.32. The number of aryl methyl sites for hydroxylation is 1. The predicted molar refractivity (Wildman–Crippen MR) is 91.4 cm³/mol. The molecule has 0 atom stereocenters. The largest absolute Gasteiger partial charge is 0.494 e. The zero-order chi connectivity index (χ0) is 16.2. The van der Waals surface area contributed by atoms with Crippen LogP contribution in [0.15, 0.2) is 59.2 Å². The molecule has 4 nitrogen and oxygen atoms in total. The SMILES string of the molecule is CCOc1ccc(/C=C2/N=C(c3cccc(C)c3)NC2=O)cc1. The van der Waals surface area contributed by atoms with Crippen molar-refractivity contribution in [3.8, 4) is 5.75 Å². The van der Waals surface area contributed by atoms with Crippen molar-refractivity contribution in [2.24, 2.45) is 4.99 Å². The second-order valence-corrected chi connectivity index (χ2v) is 5.32. The van der Waals surface area contributed by atoms with E-state index in [9.17, 15) is 4.79 Å². The van der Waals surface area contributed by atoms with E-state index in [4.69, 9.17) is 4.74 Å². The third-order valence-corrected chi connectivity index (χ3v) is 3.48. The lowest BCUT2D eigenvalue weighted by atomic mass is 10.1. The van der Waals surface area contributed by atoms with Crippen molar-refractivity contribution in [3.63, 3.8) is 0 Å². The quantitative estimate of drug-likeness (QED) is 0.881. The highest BCUT2D eigenvalue weighted by molar-refractivity contribution is 6.19. The molecular weight excluding hydrogens is 288 g/mol. The highest BCUT2D eigenvalue weighted by atomic mass is 16.5. The highest BCUT2D eigenvalue weighted by Crippen LogP contribution is 2.18. The first-order valence-electron chi connectivity index (χ1n) is 7.57. The van der Waals surface area contributed by atoms with Crippen molar-refractivity contribution in [1.29, 1.82) is 0 Å². The van der Waals surface area contributed by atoms with Crippen LogP contribution in [0.1, 0.15) is 23.6 Å². The molecule has 1 amide bonds. The molecule has 0 radical (unpaired) electrons. The Kier molecular flexibility index (Phi) is 4.24. The van der Waals surface area contributed by atoms with Gasteiger partial charge in [-0.3, -0.25) is 4.79 Å². The van der Waals surface area contributed by atoms with E-state index < -0.39 is 0 Å². The van der Waals surface area contributed by atoms with Crippen molar-refractivity contribution < 1.29 is 9.53 Å². The molecule has 0 fully saturated rings. The van der Waals surface area contributed by atoms with Crippen molar-refractivity contribution in [2.75, 3.05) is 6.61 Å². The van der Waals surface area contributed by atoms with Gasteiger partial charge in [0, 0.05) is 5.56 Å². The first kappa shape index (κ1) is 15.0. The van der Waals surface area contributed by atoms with E-state index in [1.54, 1.807) is 6.08 Å². The first-order chi connectivity index (χ1) is 11.2. The van der Waals surface area contributed by atoms with E-state index in [0.29, 0.717) is 18.1 Å². The summed E-state index contributed by atoms with van der Waals surface area (Å²) in [7, 11) is 0. The summed E-state index contributed by atoms with van der Waals surface area (Å²) in [4.78, 5) is 16.5. The molecule has 0 unspecified atom stereocenters. The number of nitrogens with one attached hydrogen (secondary N) is 1. The van der Waals surface area contributed by atoms with Crippen molar-refractivity contribution in [1.82, 2.24) is 5.32 Å². The summed E-state index contributed by atoms with van der Waals surface area (Å²) < 4.78 is 5.41. The van der Waals surface area contributed by atoms with Crippen molar-refractivity contribution >= 4 is 17.8 Å². The Balaban J connectivity index is 1.85. The van der Waals surface area contributed by atoms with Gasteiger partial charge in [0.15, 0.2) is 0 Å². The van der Waals surface area contributed by atoms with Crippen LogP contribution in [0.5, 0.6) is 5.75 Å². The zero-order valence-electron chi connectivity index (χ0n) is 13.2. The van der Waals surface area contributed by atoms with Gasteiger partial charge >= 0.3 is 0 Å². The molecule has 4 heteroatoms. The number of benzene rings is 2. The molecule has 1 aliphatic heterocycles. The molecule has 23 heavy (non-hydrogen) atoms. The number of hydrogen-bond acceptors (Lipinski definition) is 3. The lowest BCUT2D eigenvalue weighted by molar-refractivity contribution is -0.115. The molecule has 0 spiro atoms. The number of aliphatic imine (C=N–C) groups is 1. The molecule has 1 N–H and O–H groups in total. The van der Waals surface area contributed by atoms with E-state index in [0.717, 1.165) is 22.4 Å². The van der Waals surface area contributed by atoms with Crippen molar-refractivity contribution in [2.45, 2.75) is 13.8 Å². The van der Waals surface area contributed by atoms with Crippen LogP contribution >= 0.6 is 0 Å². The van der Waals surface area contributed by atoms with Gasteiger partial charge in [-0.2, -0.15) is 0 Å². The Bertz CT molecular complexity index is 789. The number of carbonyl (C=O) groups is 1. The monoisotopic (exact) mass is 306 g/mol. The summed E-state index contributed by atoms with van der Waals surface area (Å²) in [5.74, 6) is 1.22. The summed E-state index contributed by atoms with van der Waals surface area (Å²) >= 11 is 0. The number of amidine groups is 1. The number of rotatable bonds is 4. The van der Waals surface area contributed by atoms with Crippen LogP contribution in [0, 0.1) is 6.92 Å². The number of hydrogen-bond donors (Lipinski definition) is 1. The Morgan fingerprint density at radius 1 is 1.17 bits per heavy atom. The molecule has 0 bridgehead atoms. The van der Waals surface area contributed by atoms with Gasteiger partial charge in [-0.05, 0) is 43.7 Å². The summed E-state index contributed by atoms with van der Waals surface area (Å²) in [5.41, 5.74) is 3.36. The van der Waals surface area contributed by atoms with Gasteiger partial charge in [0.05, 0.1) is 6.61 Å². The lowest BCUT2D eigenvalue weighted by Gasteiger charge is -2.02. The van der Waals surface area contributed by atoms with Gasteiger partial charge < -0.3 is 10.1 Å². The number of amides is 1. The van der Waals surface area contributed by atoms with Crippen molar-refractivity contribution in [3.05, 3.63) is 70.9 Å². The molecule has 3 rings (SSSR count). The van der Waals surface area contributed by atoms with E-state index in [-0.39, 0.29) is 5.91 Å². The molecule has 0 saturated carbocycles. The van der Waals surface area contributed by atoms with Crippen LogP contribution in [-0.2, 0) is 4.79 Å². The van der Waals surface area contributed by atoms with Crippen LogP contribution in [0.4, 0.5) is 0 Å². The minimum atomic E-state index is -0.185. The normalized spacial score (nSPS) is 15.5. The van der Waals surface area contributed by atoms with Crippen LogP contribution < -0.4 is 10.1 Å². The Morgan fingerprint density at radius 3 is 2.65 bits per heavy atom. The Hall–Kier alpha value is -2.88. The highest BCUT2D eigenvalue weighted by Gasteiger charge is 2.20. The van der Waals surface area contributed by atoms with Gasteiger partial charge in [-0.1, -0.05) is 35.9 Å². The maximum Gasteiger partial charge on any atom is 0.275 e. The fourth-order valence-electron chi connectivity index (χ4n) is 2.38. The van der Waals surface area contributed by atoms with Crippen LogP contribution in [-0.4, -0.2) is 18.3 Å². The van der Waals surface area contributed by atoms with E-state index in [1.165, 1.54) is 0 Å². The topological polar surface area (TPSA) is 50.7 Å². The molecule has 0 saturated heterocycles. The Labute approximate surface area is 135 Å². The third kappa shape index (κ3) is 3.48. The van der Waals surface area contributed by atoms with Crippen LogP contribution in [0.2, 0.25) is 0 Å². The maximum absolute atomic E-state index is 12.1. The smallest absolute Gasteiger partial charge is 0.275 e. The third-order valence-electron chi connectivity index (χ3n) is 3.48. The van der Waals surface area contributed by atoms with E-state index >= 15 is 0 Å². The number of ether oxygens (including phenoxy) is 1. The molecular formula is C19H18N2O2. The van der Waals surface area contributed by atoms with Gasteiger partial charge in [0.2, 0.25) is 0 Å². The van der Waals surface area contributed by atoms with Gasteiger partial charge in [-0.25, -0.2) is 4.99 Å². The molecule has 2 aromatic carbocycles. The molecule has 1 heterocycles. The molecule has 116 valence electrons. The van der Waals surface area contributed by atoms with Gasteiger partial charge in [0.25, 0.3) is 5.91 Å². The van der Waals surface area contributed by atoms with E-state index in [1.807, 2.05) is 62.4 Å². The molecule has 1 aliphatic rings. The Morgan fingerprint density at radius 2 is 1.96 bits per heavy atom. The summed E-state index contributed by atoms with van der Waals surface area (Å²) in [6, 6.07) is 15.5. The van der Waals surface area contributed by atoms with Gasteiger partial charge in [0.1, 0.15) is 17.3 Å². The lowest BCUT2D eigenvalue weighted by Crippen LogP contribution is -2.24. The average Bonchev–Trinajstić information content (AvgIpc) is 2.91. The van der Waals surface area contributed by atoms with Crippen LogP contribution in [0.3, 0.4) is 0 Å². The van der Waals surface area contributed by atoms with Gasteiger partial charge in [-0.15, -0.1) is 0 Å². The fourth-order valence-corrected chi connectivity index (χ4v) is 2.38. The minimum Gasteiger partial charge on any atom is -0.494 e. The average molecular weight is 306 g/mol. The fraction of sp³-hybridized carbons (Fsp3) is 0.158. The standard InChI is InChI=1S/C19H18N2O2/c1-3-23-16-9-7-14(8-10-16)12-17-19(22)21-18(20-17)15-6-4-5-13(2)11-15/h4-12H,3H2,1-2H3,(H,20,21,22)/b17-12+.